The van der Waals surface area contributed by atoms with E-state index in [1.165, 1.54) is 0 Å². The maximum absolute atomic E-state index is 6.36. The largest absolute Gasteiger partial charge is 0.476 e. The highest BCUT2D eigenvalue weighted by atomic mass is 35.5. The number of nitrogens with zero attached hydrogens (tertiary/aromatic N) is 2. The summed E-state index contributed by atoms with van der Waals surface area (Å²) in [6.45, 7) is 2.77. The summed E-state index contributed by atoms with van der Waals surface area (Å²) in [6.07, 6.45) is 1.81. The van der Waals surface area contributed by atoms with Crippen LogP contribution in [0.25, 0.3) is 11.1 Å². The maximum atomic E-state index is 6.36. The molecule has 1 aliphatic rings. The van der Waals surface area contributed by atoms with Crippen LogP contribution in [0.15, 0.2) is 60.8 Å². The lowest BCUT2D eigenvalue weighted by atomic mass is 10.0. The van der Waals surface area contributed by atoms with Crippen LogP contribution in [0.5, 0.6) is 5.88 Å². The minimum absolute atomic E-state index is 0. The summed E-state index contributed by atoms with van der Waals surface area (Å²) in [7, 11) is 0. The lowest BCUT2D eigenvalue weighted by Crippen LogP contribution is -2.25. The second kappa shape index (κ2) is 8.94. The average molecular weight is 422 g/mol. The molecule has 0 aliphatic carbocycles. The van der Waals surface area contributed by atoms with E-state index in [1.54, 1.807) is 0 Å². The SMILES string of the molecule is Cl.Clc1cccc(Cl)c1CN1CCOc2nccc(-c3ccccc3)c2C1. The van der Waals surface area contributed by atoms with Gasteiger partial charge in [0, 0.05) is 47.0 Å². The highest BCUT2D eigenvalue weighted by molar-refractivity contribution is 6.35. The van der Waals surface area contributed by atoms with E-state index in [9.17, 15) is 0 Å². The van der Waals surface area contributed by atoms with Crippen LogP contribution in [0.4, 0.5) is 0 Å². The molecule has 0 amide bonds. The molecule has 0 N–H and O–H groups in total. The Morgan fingerprint density at radius 3 is 2.44 bits per heavy atom. The van der Waals surface area contributed by atoms with E-state index < -0.39 is 0 Å². The van der Waals surface area contributed by atoms with E-state index in [2.05, 4.69) is 22.0 Å². The number of fused-ring (bicyclic) bond motifs is 1. The Balaban J connectivity index is 0.00000210. The summed E-state index contributed by atoms with van der Waals surface area (Å²) in [5, 5.41) is 1.38. The Morgan fingerprint density at radius 2 is 1.70 bits per heavy atom. The van der Waals surface area contributed by atoms with Crippen LogP contribution in [0, 0.1) is 0 Å². The van der Waals surface area contributed by atoms with Crippen LogP contribution in [-0.4, -0.2) is 23.0 Å². The van der Waals surface area contributed by atoms with Gasteiger partial charge in [-0.3, -0.25) is 4.90 Å². The highest BCUT2D eigenvalue weighted by Crippen LogP contribution is 2.33. The molecule has 1 aromatic heterocycles. The van der Waals surface area contributed by atoms with Crippen molar-refractivity contribution >= 4 is 35.6 Å². The fraction of sp³-hybridized carbons (Fsp3) is 0.190. The van der Waals surface area contributed by atoms with Crippen molar-refractivity contribution in [3.8, 4) is 17.0 Å². The molecule has 1 aliphatic heterocycles. The Morgan fingerprint density at radius 1 is 0.963 bits per heavy atom. The zero-order valence-corrected chi connectivity index (χ0v) is 16.9. The van der Waals surface area contributed by atoms with Gasteiger partial charge in [-0.1, -0.05) is 59.6 Å². The van der Waals surface area contributed by atoms with Gasteiger partial charge < -0.3 is 4.74 Å². The highest BCUT2D eigenvalue weighted by Gasteiger charge is 2.21. The predicted octanol–water partition coefficient (Wildman–Crippen LogP) is 5.87. The molecular formula is C21H19Cl3N2O. The average Bonchev–Trinajstić information content (AvgIpc) is 2.87. The standard InChI is InChI=1S/C21H18Cl2N2O.ClH/c22-19-7-4-8-20(23)18(19)14-25-11-12-26-21-17(13-25)16(9-10-24-21)15-5-2-1-3-6-15;/h1-10H,11-14H2;1H. The zero-order valence-electron chi connectivity index (χ0n) is 14.6. The molecule has 0 fully saturated rings. The summed E-state index contributed by atoms with van der Waals surface area (Å²) in [6, 6.07) is 18.0. The first-order chi connectivity index (χ1) is 12.7. The van der Waals surface area contributed by atoms with Crippen LogP contribution >= 0.6 is 35.6 Å². The van der Waals surface area contributed by atoms with E-state index in [0.717, 1.165) is 35.3 Å². The van der Waals surface area contributed by atoms with Crippen molar-refractivity contribution in [1.29, 1.82) is 0 Å². The smallest absolute Gasteiger partial charge is 0.218 e. The molecule has 6 heteroatoms. The second-order valence-corrected chi connectivity index (χ2v) is 7.08. The minimum atomic E-state index is 0. The van der Waals surface area contributed by atoms with Gasteiger partial charge in [-0.25, -0.2) is 4.98 Å². The van der Waals surface area contributed by atoms with Gasteiger partial charge in [-0.15, -0.1) is 12.4 Å². The minimum Gasteiger partial charge on any atom is -0.476 e. The topological polar surface area (TPSA) is 25.4 Å². The van der Waals surface area contributed by atoms with Crippen LogP contribution < -0.4 is 4.74 Å². The number of aromatic nitrogens is 1. The summed E-state index contributed by atoms with van der Waals surface area (Å²) in [5.74, 6) is 0.708. The molecule has 0 radical (unpaired) electrons. The van der Waals surface area contributed by atoms with E-state index in [1.807, 2.05) is 48.7 Å². The number of ether oxygens (including phenoxy) is 1. The van der Waals surface area contributed by atoms with Gasteiger partial charge in [0.25, 0.3) is 0 Å². The third kappa shape index (κ3) is 4.39. The van der Waals surface area contributed by atoms with Gasteiger partial charge in [0.2, 0.25) is 5.88 Å². The number of rotatable bonds is 3. The first-order valence-electron chi connectivity index (χ1n) is 8.54. The summed E-state index contributed by atoms with van der Waals surface area (Å²) < 4.78 is 5.92. The molecule has 140 valence electrons. The lowest BCUT2D eigenvalue weighted by molar-refractivity contribution is 0.217. The van der Waals surface area contributed by atoms with Crippen molar-refractivity contribution in [3.63, 3.8) is 0 Å². The molecule has 4 rings (SSSR count). The molecule has 0 bridgehead atoms. The van der Waals surface area contributed by atoms with Crippen molar-refractivity contribution in [3.05, 3.63) is 82.0 Å². The number of hydrogen-bond donors (Lipinski definition) is 0. The van der Waals surface area contributed by atoms with E-state index in [0.29, 0.717) is 29.1 Å². The van der Waals surface area contributed by atoms with Crippen molar-refractivity contribution in [2.24, 2.45) is 0 Å². The lowest BCUT2D eigenvalue weighted by Gasteiger charge is -2.21. The third-order valence-corrected chi connectivity index (χ3v) is 5.28. The molecule has 2 aromatic carbocycles. The predicted molar refractivity (Wildman–Crippen MR) is 113 cm³/mol. The van der Waals surface area contributed by atoms with Gasteiger partial charge in [0.05, 0.1) is 0 Å². The molecule has 0 saturated carbocycles. The summed E-state index contributed by atoms with van der Waals surface area (Å²) >= 11 is 12.7. The van der Waals surface area contributed by atoms with Gasteiger partial charge in [0.1, 0.15) is 6.61 Å². The van der Waals surface area contributed by atoms with Gasteiger partial charge in [-0.2, -0.15) is 0 Å². The van der Waals surface area contributed by atoms with E-state index >= 15 is 0 Å². The third-order valence-electron chi connectivity index (χ3n) is 4.57. The number of pyridine rings is 1. The first-order valence-corrected chi connectivity index (χ1v) is 9.29. The molecule has 0 unspecified atom stereocenters. The molecule has 27 heavy (non-hydrogen) atoms. The van der Waals surface area contributed by atoms with Crippen LogP contribution in [0.2, 0.25) is 10.0 Å². The fourth-order valence-electron chi connectivity index (χ4n) is 3.25. The van der Waals surface area contributed by atoms with Crippen molar-refractivity contribution in [2.75, 3.05) is 13.2 Å². The van der Waals surface area contributed by atoms with E-state index in [-0.39, 0.29) is 12.4 Å². The molecule has 2 heterocycles. The molecule has 3 nitrogen and oxygen atoms in total. The molecular weight excluding hydrogens is 403 g/mol. The number of halogens is 3. The van der Waals surface area contributed by atoms with Crippen molar-refractivity contribution in [2.45, 2.75) is 13.1 Å². The Bertz CT molecular complexity index is 898. The first kappa shape index (κ1) is 20.0. The molecule has 0 atom stereocenters. The molecule has 3 aromatic rings. The van der Waals surface area contributed by atoms with Crippen LogP contribution in [0.3, 0.4) is 0 Å². The molecule has 0 spiro atoms. The van der Waals surface area contributed by atoms with Gasteiger partial charge >= 0.3 is 0 Å². The van der Waals surface area contributed by atoms with Crippen molar-refractivity contribution < 1.29 is 4.74 Å². The number of hydrogen-bond acceptors (Lipinski definition) is 3. The quantitative estimate of drug-likeness (QED) is 0.528. The summed E-state index contributed by atoms with van der Waals surface area (Å²) in [5.41, 5.74) is 4.35. The Kier molecular flexibility index (Phi) is 6.61. The van der Waals surface area contributed by atoms with E-state index in [4.69, 9.17) is 27.9 Å². The van der Waals surface area contributed by atoms with Crippen molar-refractivity contribution in [1.82, 2.24) is 9.88 Å². The Labute approximate surface area is 175 Å². The van der Waals surface area contributed by atoms with Crippen LogP contribution in [-0.2, 0) is 13.1 Å². The Hall–Kier alpha value is -1.78. The zero-order chi connectivity index (χ0) is 17.9. The summed E-state index contributed by atoms with van der Waals surface area (Å²) in [4.78, 5) is 6.74. The van der Waals surface area contributed by atoms with Gasteiger partial charge in [0.15, 0.2) is 0 Å². The normalized spacial score (nSPS) is 13.9. The second-order valence-electron chi connectivity index (χ2n) is 6.27. The maximum Gasteiger partial charge on any atom is 0.218 e. The monoisotopic (exact) mass is 420 g/mol. The molecule has 0 saturated heterocycles. The van der Waals surface area contributed by atoms with Gasteiger partial charge in [-0.05, 0) is 29.3 Å². The van der Waals surface area contributed by atoms with Crippen LogP contribution in [0.1, 0.15) is 11.1 Å². The number of benzene rings is 2. The fourth-order valence-corrected chi connectivity index (χ4v) is 3.77.